The van der Waals surface area contributed by atoms with E-state index in [1.54, 1.807) is 13.8 Å². The van der Waals surface area contributed by atoms with E-state index in [9.17, 15) is 5.11 Å². The molecule has 3 aromatic carbocycles. The van der Waals surface area contributed by atoms with E-state index in [0.717, 1.165) is 49.3 Å². The molecule has 0 radical (unpaired) electrons. The Kier molecular flexibility index (Phi) is 5.19. The van der Waals surface area contributed by atoms with Crippen molar-refractivity contribution in [2.24, 2.45) is 0 Å². The minimum Gasteiger partial charge on any atom is -0.427 e. The van der Waals surface area contributed by atoms with Crippen LogP contribution in [-0.2, 0) is 4.65 Å². The normalized spacial score (nSPS) is 12.5. The van der Waals surface area contributed by atoms with Crippen molar-refractivity contribution < 1.29 is 9.76 Å². The lowest BCUT2D eigenvalue weighted by Gasteiger charge is -2.37. The van der Waals surface area contributed by atoms with E-state index in [0.29, 0.717) is 7.48 Å². The average Bonchev–Trinajstić information content (AvgIpc) is 2.81. The minimum atomic E-state index is -0.950. The Bertz CT molecular complexity index is 1490. The van der Waals surface area contributed by atoms with Crippen LogP contribution in [0.5, 0.6) is 0 Å². The largest absolute Gasteiger partial charge is 0.427 e. The lowest BCUT2D eigenvalue weighted by molar-refractivity contribution is -0.0893. The molecule has 0 aliphatic rings. The van der Waals surface area contributed by atoms with E-state index in [2.05, 4.69) is 65.6 Å². The van der Waals surface area contributed by atoms with Crippen LogP contribution in [0.4, 0.5) is 0 Å². The maximum atomic E-state index is 10.5. The van der Waals surface area contributed by atoms with Gasteiger partial charge in [0.25, 0.3) is 0 Å². The highest BCUT2D eigenvalue weighted by atomic mass is 16.5. The van der Waals surface area contributed by atoms with Gasteiger partial charge in [-0.1, -0.05) is 60.7 Å². The van der Waals surface area contributed by atoms with Crippen molar-refractivity contribution in [3.8, 4) is 11.3 Å². The van der Waals surface area contributed by atoms with Crippen LogP contribution < -0.4 is 5.46 Å². The Hall–Kier alpha value is -3.28. The number of pyridine rings is 2. The molecule has 0 aliphatic heterocycles. The van der Waals surface area contributed by atoms with E-state index < -0.39 is 11.2 Å². The van der Waals surface area contributed by atoms with Crippen molar-refractivity contribution in [1.82, 2.24) is 9.97 Å². The van der Waals surface area contributed by atoms with Gasteiger partial charge in [0.1, 0.15) is 0 Å². The highest BCUT2D eigenvalue weighted by Gasteiger charge is 2.35. The first kappa shape index (κ1) is 21.6. The molecular formula is C28H27BN2O2. The highest BCUT2D eigenvalue weighted by Crippen LogP contribution is 2.30. The molecule has 5 rings (SSSR count). The summed E-state index contributed by atoms with van der Waals surface area (Å²) in [5.41, 5.74) is 3.27. The molecule has 4 nitrogen and oxygen atoms in total. The molecule has 0 amide bonds. The average molecular weight is 434 g/mol. The van der Waals surface area contributed by atoms with Gasteiger partial charge in [0.15, 0.2) is 0 Å². The Morgan fingerprint density at radius 1 is 0.758 bits per heavy atom. The van der Waals surface area contributed by atoms with Gasteiger partial charge in [-0.2, -0.15) is 0 Å². The molecule has 0 saturated heterocycles. The molecule has 2 aromatic heterocycles. The van der Waals surface area contributed by atoms with Crippen molar-refractivity contribution >= 4 is 45.5 Å². The first-order chi connectivity index (χ1) is 15.7. The van der Waals surface area contributed by atoms with Crippen LogP contribution in [0.15, 0.2) is 79.0 Å². The van der Waals surface area contributed by atoms with E-state index in [1.165, 1.54) is 0 Å². The van der Waals surface area contributed by atoms with E-state index in [-0.39, 0.29) is 0 Å². The van der Waals surface area contributed by atoms with Crippen LogP contribution in [0.2, 0.25) is 0 Å². The number of rotatable bonds is 5. The zero-order chi connectivity index (χ0) is 23.2. The second kappa shape index (κ2) is 7.94. The summed E-state index contributed by atoms with van der Waals surface area (Å²) in [5, 5.41) is 14.9. The summed E-state index contributed by atoms with van der Waals surface area (Å²) < 4.78 is 6.17. The molecule has 164 valence electrons. The van der Waals surface area contributed by atoms with Crippen molar-refractivity contribution in [3.63, 3.8) is 0 Å². The van der Waals surface area contributed by atoms with Crippen LogP contribution in [0.25, 0.3) is 43.8 Å². The molecule has 33 heavy (non-hydrogen) atoms. The van der Waals surface area contributed by atoms with Crippen molar-refractivity contribution in [1.29, 1.82) is 0 Å². The van der Waals surface area contributed by atoms with Gasteiger partial charge in [-0.3, -0.25) is 4.98 Å². The van der Waals surface area contributed by atoms with Gasteiger partial charge >= 0.3 is 7.48 Å². The third kappa shape index (κ3) is 3.88. The van der Waals surface area contributed by atoms with Crippen LogP contribution in [0, 0.1) is 0 Å². The molecule has 0 spiro atoms. The van der Waals surface area contributed by atoms with Crippen LogP contribution in [0.3, 0.4) is 0 Å². The maximum absolute atomic E-state index is 10.5. The number of aliphatic hydroxyl groups is 1. The predicted molar refractivity (Wildman–Crippen MR) is 138 cm³/mol. The highest BCUT2D eigenvalue weighted by molar-refractivity contribution is 6.51. The van der Waals surface area contributed by atoms with E-state index >= 15 is 0 Å². The van der Waals surface area contributed by atoms with Crippen molar-refractivity contribution in [3.05, 3.63) is 79.0 Å². The SMILES string of the molecule is CC(C)(O)C(C)(C)OBc1ccc(-c2ccc3ccc4cccnc4c3n2)c2ccccc12. The molecule has 0 aliphatic carbocycles. The fourth-order valence-corrected chi connectivity index (χ4v) is 4.02. The number of aromatic nitrogens is 2. The molecule has 0 saturated carbocycles. The van der Waals surface area contributed by atoms with Gasteiger partial charge in [0.2, 0.25) is 0 Å². The number of benzene rings is 3. The molecular weight excluding hydrogens is 407 g/mol. The maximum Gasteiger partial charge on any atom is 0.310 e. The molecule has 1 N–H and O–H groups in total. The summed E-state index contributed by atoms with van der Waals surface area (Å²) >= 11 is 0. The number of hydrogen-bond donors (Lipinski definition) is 1. The molecule has 0 atom stereocenters. The van der Waals surface area contributed by atoms with Gasteiger partial charge < -0.3 is 9.76 Å². The lowest BCUT2D eigenvalue weighted by Crippen LogP contribution is -2.49. The number of hydrogen-bond acceptors (Lipinski definition) is 4. The van der Waals surface area contributed by atoms with Gasteiger partial charge in [0, 0.05) is 22.5 Å². The Morgan fingerprint density at radius 2 is 1.45 bits per heavy atom. The molecule has 0 bridgehead atoms. The lowest BCUT2D eigenvalue weighted by atomic mass is 9.79. The molecule has 5 aromatic rings. The van der Waals surface area contributed by atoms with Crippen LogP contribution >= 0.6 is 0 Å². The van der Waals surface area contributed by atoms with Crippen molar-refractivity contribution in [2.45, 2.75) is 38.9 Å². The zero-order valence-corrected chi connectivity index (χ0v) is 19.5. The second-order valence-corrected chi connectivity index (χ2v) is 9.58. The van der Waals surface area contributed by atoms with Crippen LogP contribution in [0.1, 0.15) is 27.7 Å². The summed E-state index contributed by atoms with van der Waals surface area (Å²) in [6.07, 6.45) is 1.81. The Balaban J connectivity index is 1.61. The first-order valence-electron chi connectivity index (χ1n) is 11.3. The van der Waals surface area contributed by atoms with Gasteiger partial charge in [0.05, 0.1) is 27.9 Å². The fraction of sp³-hybridized carbons (Fsp3) is 0.214. The quantitative estimate of drug-likeness (QED) is 0.307. The third-order valence-electron chi connectivity index (χ3n) is 6.78. The van der Waals surface area contributed by atoms with Crippen LogP contribution in [-0.4, -0.2) is 33.8 Å². The second-order valence-electron chi connectivity index (χ2n) is 9.58. The van der Waals surface area contributed by atoms with E-state index in [1.807, 2.05) is 32.2 Å². The molecule has 5 heteroatoms. The molecule has 2 heterocycles. The van der Waals surface area contributed by atoms with Gasteiger partial charge in [-0.05, 0) is 56.1 Å². The number of fused-ring (bicyclic) bond motifs is 4. The Morgan fingerprint density at radius 3 is 2.21 bits per heavy atom. The standard InChI is InChI=1S/C28H27BN2O2/c1-27(2,32)28(3,4)33-29-23-15-14-22(20-9-5-6-10-21(20)23)24-16-13-19-12-11-18-8-7-17-30-25(18)26(19)31-24/h5-17,29,32H,1-4H3. The summed E-state index contributed by atoms with van der Waals surface area (Å²) in [4.78, 5) is 9.63. The fourth-order valence-electron chi connectivity index (χ4n) is 4.02. The molecule has 0 unspecified atom stereocenters. The summed E-state index contributed by atoms with van der Waals surface area (Å²) in [6, 6.07) is 24.9. The topological polar surface area (TPSA) is 55.2 Å². The summed E-state index contributed by atoms with van der Waals surface area (Å²) in [7, 11) is 0.414. The van der Waals surface area contributed by atoms with Gasteiger partial charge in [-0.25, -0.2) is 4.98 Å². The van der Waals surface area contributed by atoms with Crippen molar-refractivity contribution in [2.75, 3.05) is 0 Å². The molecule has 0 fully saturated rings. The Labute approximate surface area is 194 Å². The monoisotopic (exact) mass is 434 g/mol. The smallest absolute Gasteiger partial charge is 0.310 e. The number of nitrogens with zero attached hydrogens (tertiary/aromatic N) is 2. The first-order valence-corrected chi connectivity index (χ1v) is 11.3. The summed E-state index contributed by atoms with van der Waals surface area (Å²) in [5.74, 6) is 0. The summed E-state index contributed by atoms with van der Waals surface area (Å²) in [6.45, 7) is 7.39. The predicted octanol–water partition coefficient (Wildman–Crippen LogP) is 5.15. The zero-order valence-electron chi connectivity index (χ0n) is 19.5. The third-order valence-corrected chi connectivity index (χ3v) is 6.78. The van der Waals surface area contributed by atoms with E-state index in [4.69, 9.17) is 9.64 Å². The van der Waals surface area contributed by atoms with Gasteiger partial charge in [-0.15, -0.1) is 0 Å². The minimum absolute atomic E-state index is 0.414.